The molecule has 5 aliphatic heterocycles. The molecule has 1 aromatic carbocycles. The van der Waals surface area contributed by atoms with Crippen molar-refractivity contribution in [3.63, 3.8) is 0 Å². The number of carbonyl (C=O) groups excluding carboxylic acids is 1. The number of likely N-dealkylation sites (tertiary alicyclic amines) is 1. The minimum Gasteiger partial charge on any atom is -0.432 e. The van der Waals surface area contributed by atoms with Crippen molar-refractivity contribution in [1.82, 2.24) is 4.90 Å². The van der Waals surface area contributed by atoms with Crippen molar-refractivity contribution < 1.29 is 24.0 Å². The van der Waals surface area contributed by atoms with Crippen LogP contribution < -0.4 is 0 Å². The molecule has 6 heteroatoms. The van der Waals surface area contributed by atoms with E-state index in [2.05, 4.69) is 29.2 Å². The van der Waals surface area contributed by atoms with Gasteiger partial charge < -0.3 is 9.47 Å². The van der Waals surface area contributed by atoms with Crippen LogP contribution in [0.1, 0.15) is 38.7 Å². The van der Waals surface area contributed by atoms with E-state index in [4.69, 9.17) is 19.2 Å². The molecular weight excluding hydrogens is 334 g/mol. The number of carbonyl (C=O) groups is 1. The molecule has 0 aliphatic carbocycles. The van der Waals surface area contributed by atoms with Crippen LogP contribution in [0.5, 0.6) is 0 Å². The van der Waals surface area contributed by atoms with Gasteiger partial charge in [0.25, 0.3) is 0 Å². The van der Waals surface area contributed by atoms with Gasteiger partial charge in [0.05, 0.1) is 5.92 Å². The summed E-state index contributed by atoms with van der Waals surface area (Å²) in [5.74, 6) is -1.24. The summed E-state index contributed by atoms with van der Waals surface area (Å²) in [5.41, 5.74) is 0.516. The Balaban J connectivity index is 1.54. The van der Waals surface area contributed by atoms with Crippen LogP contribution in [0.15, 0.2) is 30.3 Å². The van der Waals surface area contributed by atoms with Crippen LogP contribution in [0.2, 0.25) is 0 Å². The third-order valence-corrected chi connectivity index (χ3v) is 6.65. The van der Waals surface area contributed by atoms with E-state index in [9.17, 15) is 4.79 Å². The van der Waals surface area contributed by atoms with Gasteiger partial charge in [-0.25, -0.2) is 9.78 Å². The van der Waals surface area contributed by atoms with Crippen molar-refractivity contribution >= 4 is 5.97 Å². The minimum absolute atomic E-state index is 0.0356. The largest absolute Gasteiger partial charge is 0.432 e. The highest BCUT2D eigenvalue weighted by atomic mass is 17.3. The molecule has 0 N–H and O–H groups in total. The number of hydrogen-bond donors (Lipinski definition) is 0. The molecule has 0 saturated carbocycles. The van der Waals surface area contributed by atoms with Crippen LogP contribution in [-0.4, -0.2) is 41.1 Å². The summed E-state index contributed by atoms with van der Waals surface area (Å²) in [6.45, 7) is 5.56. The number of fused-ring (bicyclic) bond motifs is 2. The summed E-state index contributed by atoms with van der Waals surface area (Å²) in [6, 6.07) is 10.5. The van der Waals surface area contributed by atoms with E-state index < -0.39 is 17.7 Å². The second-order valence-electron chi connectivity index (χ2n) is 8.24. The molecule has 26 heavy (non-hydrogen) atoms. The molecule has 140 valence electrons. The van der Waals surface area contributed by atoms with Crippen LogP contribution >= 0.6 is 0 Å². The fourth-order valence-electron chi connectivity index (χ4n) is 5.25. The molecule has 5 heterocycles. The van der Waals surface area contributed by atoms with Crippen molar-refractivity contribution in [3.8, 4) is 0 Å². The first-order chi connectivity index (χ1) is 12.5. The first-order valence-corrected chi connectivity index (χ1v) is 9.55. The normalized spacial score (nSPS) is 44.9. The van der Waals surface area contributed by atoms with Gasteiger partial charge in [-0.15, -0.1) is 0 Å². The monoisotopic (exact) mass is 359 g/mol. The SMILES string of the molecule is C[C@H]1C(=O)O[C@@H]2O[C@@]3(C)CC[C@H]4N(Cc5ccccc5)CC[C@@H]1[C@@]24OO3. The van der Waals surface area contributed by atoms with Crippen LogP contribution in [-0.2, 0) is 30.6 Å². The molecule has 1 spiro atoms. The lowest BCUT2D eigenvalue weighted by atomic mass is 9.67. The lowest BCUT2D eigenvalue weighted by molar-refractivity contribution is -0.557. The molecule has 6 rings (SSSR count). The van der Waals surface area contributed by atoms with Gasteiger partial charge in [0.15, 0.2) is 5.60 Å². The zero-order valence-electron chi connectivity index (χ0n) is 15.2. The van der Waals surface area contributed by atoms with Gasteiger partial charge in [-0.3, -0.25) is 9.69 Å². The Hall–Kier alpha value is -1.47. The van der Waals surface area contributed by atoms with Crippen LogP contribution in [0, 0.1) is 11.8 Å². The van der Waals surface area contributed by atoms with Crippen LogP contribution in [0.3, 0.4) is 0 Å². The van der Waals surface area contributed by atoms with Gasteiger partial charge in [0.1, 0.15) is 0 Å². The summed E-state index contributed by atoms with van der Waals surface area (Å²) in [4.78, 5) is 26.7. The van der Waals surface area contributed by atoms with Crippen LogP contribution in [0.25, 0.3) is 0 Å². The van der Waals surface area contributed by atoms with Gasteiger partial charge in [0, 0.05) is 24.9 Å². The fraction of sp³-hybridized carbons (Fsp3) is 0.650. The van der Waals surface area contributed by atoms with E-state index in [0.717, 1.165) is 25.9 Å². The summed E-state index contributed by atoms with van der Waals surface area (Å²) in [5, 5.41) is 0. The number of nitrogens with zero attached hydrogens (tertiary/aromatic N) is 1. The van der Waals surface area contributed by atoms with Gasteiger partial charge in [0.2, 0.25) is 12.1 Å². The third-order valence-electron chi connectivity index (χ3n) is 6.65. The topological polar surface area (TPSA) is 57.2 Å². The lowest BCUT2D eigenvalue weighted by Gasteiger charge is -2.58. The smallest absolute Gasteiger partial charge is 0.311 e. The maximum absolute atomic E-state index is 12.4. The van der Waals surface area contributed by atoms with Crippen molar-refractivity contribution in [2.45, 2.75) is 63.4 Å². The summed E-state index contributed by atoms with van der Waals surface area (Å²) >= 11 is 0. The van der Waals surface area contributed by atoms with E-state index in [1.165, 1.54) is 5.56 Å². The van der Waals surface area contributed by atoms with Gasteiger partial charge in [-0.2, -0.15) is 0 Å². The van der Waals surface area contributed by atoms with Gasteiger partial charge in [-0.05, 0) is 31.9 Å². The Morgan fingerprint density at radius 3 is 2.81 bits per heavy atom. The van der Waals surface area contributed by atoms with Crippen molar-refractivity contribution in [2.75, 3.05) is 6.54 Å². The average molecular weight is 359 g/mol. The number of piperidine rings is 1. The van der Waals surface area contributed by atoms with Crippen molar-refractivity contribution in [3.05, 3.63) is 35.9 Å². The number of benzene rings is 1. The zero-order valence-corrected chi connectivity index (χ0v) is 15.2. The number of hydrogen-bond acceptors (Lipinski definition) is 6. The molecule has 0 unspecified atom stereocenters. The molecule has 1 aromatic rings. The van der Waals surface area contributed by atoms with Crippen LogP contribution in [0.4, 0.5) is 0 Å². The number of rotatable bonds is 2. The highest BCUT2D eigenvalue weighted by Crippen LogP contribution is 2.55. The molecule has 2 bridgehead atoms. The lowest BCUT2D eigenvalue weighted by Crippen LogP contribution is -2.74. The van der Waals surface area contributed by atoms with E-state index in [-0.39, 0.29) is 23.8 Å². The van der Waals surface area contributed by atoms with Crippen molar-refractivity contribution in [2.24, 2.45) is 11.8 Å². The molecular formula is C20H25NO5. The Bertz CT molecular complexity index is 711. The predicted molar refractivity (Wildman–Crippen MR) is 91.4 cm³/mol. The summed E-state index contributed by atoms with van der Waals surface area (Å²) in [6.07, 6.45) is 1.75. The first kappa shape index (κ1) is 16.7. The van der Waals surface area contributed by atoms with E-state index >= 15 is 0 Å². The highest BCUT2D eigenvalue weighted by Gasteiger charge is 2.70. The van der Waals surface area contributed by atoms with E-state index in [0.29, 0.717) is 6.42 Å². The molecule has 0 aromatic heterocycles. The fourth-order valence-corrected chi connectivity index (χ4v) is 5.25. The molecule has 0 radical (unpaired) electrons. The van der Waals surface area contributed by atoms with Gasteiger partial charge >= 0.3 is 5.97 Å². The summed E-state index contributed by atoms with van der Waals surface area (Å²) in [7, 11) is 0. The third kappa shape index (κ3) is 2.29. The highest BCUT2D eigenvalue weighted by molar-refractivity contribution is 5.74. The molecule has 5 fully saturated rings. The molecule has 6 nitrogen and oxygen atoms in total. The van der Waals surface area contributed by atoms with Crippen molar-refractivity contribution in [1.29, 1.82) is 0 Å². The van der Waals surface area contributed by atoms with E-state index in [1.54, 1.807) is 0 Å². The average Bonchev–Trinajstić information content (AvgIpc) is 2.86. The predicted octanol–water partition coefficient (Wildman–Crippen LogP) is 2.62. The maximum atomic E-state index is 12.4. The molecule has 0 amide bonds. The Kier molecular flexibility index (Phi) is 3.70. The molecule has 5 saturated heterocycles. The Morgan fingerprint density at radius 1 is 1.19 bits per heavy atom. The molecule has 6 atom stereocenters. The minimum atomic E-state index is -0.864. The maximum Gasteiger partial charge on any atom is 0.311 e. The quantitative estimate of drug-likeness (QED) is 0.598. The van der Waals surface area contributed by atoms with Gasteiger partial charge in [-0.1, -0.05) is 37.3 Å². The number of esters is 1. The Morgan fingerprint density at radius 2 is 2.00 bits per heavy atom. The standard InChI is InChI=1S/C20H25NO5/c1-13-15-9-11-21(12-14-6-4-3-5-7-14)16-8-10-19(2)24-18(23-17(13)22)20(15,16)26-25-19/h3-7,13,15-16,18H,8-12H2,1-2H3/t13-,15+,16-,18-,19-,20+/m1/s1. The molecule has 5 aliphatic rings. The zero-order chi connectivity index (χ0) is 17.9. The second kappa shape index (κ2) is 5.76. The second-order valence-corrected chi connectivity index (χ2v) is 8.24. The van der Waals surface area contributed by atoms with E-state index in [1.807, 2.05) is 19.9 Å². The number of ether oxygens (including phenoxy) is 2. The first-order valence-electron chi connectivity index (χ1n) is 9.55. The Labute approximate surface area is 153 Å². The summed E-state index contributed by atoms with van der Waals surface area (Å²) < 4.78 is 11.8.